The summed E-state index contributed by atoms with van der Waals surface area (Å²) < 4.78 is 19.0. The second-order valence-electron chi connectivity index (χ2n) is 8.20. The molecule has 0 aromatic heterocycles. The predicted molar refractivity (Wildman–Crippen MR) is 132 cm³/mol. The number of anilines is 2. The Hall–Kier alpha value is -3.22. The van der Waals surface area contributed by atoms with Crippen LogP contribution >= 0.6 is 11.6 Å². The molecule has 0 aliphatic carbocycles. The summed E-state index contributed by atoms with van der Waals surface area (Å²) in [5, 5.41) is 0.588. The van der Waals surface area contributed by atoms with Gasteiger partial charge in [0.25, 0.3) is 5.91 Å². The van der Waals surface area contributed by atoms with Gasteiger partial charge in [0.15, 0.2) is 0 Å². The van der Waals surface area contributed by atoms with E-state index in [4.69, 9.17) is 16.3 Å². The maximum absolute atomic E-state index is 13.6. The van der Waals surface area contributed by atoms with E-state index >= 15 is 0 Å². The van der Waals surface area contributed by atoms with Crippen LogP contribution in [0.5, 0.6) is 0 Å². The fourth-order valence-electron chi connectivity index (χ4n) is 4.53. The largest absolute Gasteiger partial charge is 0.383 e. The zero-order valence-electron chi connectivity index (χ0n) is 19.1. The zero-order valence-corrected chi connectivity index (χ0v) is 19.8. The summed E-state index contributed by atoms with van der Waals surface area (Å²) >= 11 is 6.10. The van der Waals surface area contributed by atoms with E-state index in [-0.39, 0.29) is 30.5 Å². The molecule has 3 aromatic rings. The molecule has 1 aliphatic heterocycles. The van der Waals surface area contributed by atoms with Gasteiger partial charge in [0.1, 0.15) is 5.82 Å². The minimum atomic E-state index is -0.402. The first-order valence-corrected chi connectivity index (χ1v) is 11.6. The molecule has 4 rings (SSSR count). The predicted octanol–water partition coefficient (Wildman–Crippen LogP) is 6.03. The van der Waals surface area contributed by atoms with E-state index in [2.05, 4.69) is 0 Å². The van der Waals surface area contributed by atoms with E-state index in [1.54, 1.807) is 29.0 Å². The maximum atomic E-state index is 13.6. The van der Waals surface area contributed by atoms with Crippen molar-refractivity contribution >= 4 is 34.8 Å². The van der Waals surface area contributed by atoms with Gasteiger partial charge in [0, 0.05) is 35.5 Å². The number of methoxy groups -OCH3 is 1. The first kappa shape index (κ1) is 23.9. The fraction of sp³-hybridized carbons (Fsp3) is 0.259. The molecule has 176 valence electrons. The highest BCUT2D eigenvalue weighted by Crippen LogP contribution is 2.43. The molecule has 1 heterocycles. The highest BCUT2D eigenvalue weighted by atomic mass is 35.5. The summed E-state index contributed by atoms with van der Waals surface area (Å²) in [4.78, 5) is 30.3. The van der Waals surface area contributed by atoms with E-state index < -0.39 is 5.82 Å². The number of hydrogen-bond acceptors (Lipinski definition) is 3. The van der Waals surface area contributed by atoms with Crippen LogP contribution in [0.4, 0.5) is 15.8 Å². The number of nitrogens with zero attached hydrogens (tertiary/aromatic N) is 2. The normalized spacial score (nSPS) is 17.2. The molecular weight excluding hydrogens is 455 g/mol. The van der Waals surface area contributed by atoms with Crippen LogP contribution in [0.15, 0.2) is 72.8 Å². The van der Waals surface area contributed by atoms with E-state index in [1.165, 1.54) is 24.3 Å². The molecule has 0 unspecified atom stereocenters. The second kappa shape index (κ2) is 10.4. The molecular formula is C27H26ClFN2O3. The van der Waals surface area contributed by atoms with Crippen molar-refractivity contribution < 1.29 is 18.7 Å². The minimum Gasteiger partial charge on any atom is -0.383 e. The highest BCUT2D eigenvalue weighted by Gasteiger charge is 2.40. The van der Waals surface area contributed by atoms with Crippen molar-refractivity contribution in [2.24, 2.45) is 0 Å². The molecule has 3 aromatic carbocycles. The summed E-state index contributed by atoms with van der Waals surface area (Å²) in [6.45, 7) is 2.11. The molecule has 0 saturated carbocycles. The van der Waals surface area contributed by atoms with Crippen LogP contribution in [0.1, 0.15) is 41.7 Å². The Balaban J connectivity index is 1.82. The third-order valence-corrected chi connectivity index (χ3v) is 6.32. The minimum absolute atomic E-state index is 0.0309. The number of fused-ring (bicyclic) bond motifs is 1. The number of carbonyl (C=O) groups excluding carboxylic acids is 2. The first-order chi connectivity index (χ1) is 16.4. The number of para-hydroxylation sites is 1. The van der Waals surface area contributed by atoms with Gasteiger partial charge < -0.3 is 14.5 Å². The average molecular weight is 481 g/mol. The van der Waals surface area contributed by atoms with Gasteiger partial charge in [0.05, 0.1) is 18.7 Å². The van der Waals surface area contributed by atoms with Crippen molar-refractivity contribution in [3.05, 3.63) is 94.8 Å². The number of carbonyl (C=O) groups is 2. The molecule has 0 fully saturated rings. The number of ether oxygens (including phenoxy) is 1. The van der Waals surface area contributed by atoms with Crippen molar-refractivity contribution in [3.8, 4) is 0 Å². The molecule has 34 heavy (non-hydrogen) atoms. The van der Waals surface area contributed by atoms with Crippen LogP contribution in [0.25, 0.3) is 0 Å². The number of rotatable bonds is 6. The highest BCUT2D eigenvalue weighted by molar-refractivity contribution is 6.30. The lowest BCUT2D eigenvalue weighted by Gasteiger charge is -2.44. The van der Waals surface area contributed by atoms with E-state index in [9.17, 15) is 14.0 Å². The monoisotopic (exact) mass is 480 g/mol. The fourth-order valence-corrected chi connectivity index (χ4v) is 4.66. The Bertz CT molecular complexity index is 1170. The van der Waals surface area contributed by atoms with Crippen molar-refractivity contribution in [2.45, 2.75) is 31.8 Å². The molecule has 0 bridgehead atoms. The smallest absolute Gasteiger partial charge is 0.258 e. The molecule has 0 saturated heterocycles. The van der Waals surface area contributed by atoms with Gasteiger partial charge in [-0.3, -0.25) is 9.59 Å². The molecule has 0 radical (unpaired) electrons. The van der Waals surface area contributed by atoms with Gasteiger partial charge >= 0.3 is 0 Å². The molecule has 7 heteroatoms. The van der Waals surface area contributed by atoms with Gasteiger partial charge in [-0.05, 0) is 66.6 Å². The third-order valence-electron chi connectivity index (χ3n) is 6.07. The Morgan fingerprint density at radius 3 is 2.38 bits per heavy atom. The molecule has 0 N–H and O–H groups in total. The average Bonchev–Trinajstić information content (AvgIpc) is 2.85. The molecule has 1 aliphatic rings. The number of amides is 2. The number of hydrogen-bond donors (Lipinski definition) is 0. The second-order valence-corrected chi connectivity index (χ2v) is 8.63. The number of benzene rings is 3. The summed E-state index contributed by atoms with van der Waals surface area (Å²) in [7, 11) is 1.59. The van der Waals surface area contributed by atoms with E-state index in [0.717, 1.165) is 11.3 Å². The third kappa shape index (κ3) is 4.69. The van der Waals surface area contributed by atoms with Gasteiger partial charge in [-0.2, -0.15) is 0 Å². The number of halogens is 2. The summed E-state index contributed by atoms with van der Waals surface area (Å²) in [5.41, 5.74) is 2.69. The van der Waals surface area contributed by atoms with Gasteiger partial charge in [0.2, 0.25) is 5.91 Å². The molecule has 2 amide bonds. The molecule has 0 spiro atoms. The molecule has 5 nitrogen and oxygen atoms in total. The SMILES string of the molecule is CCC(=O)N(c1ccc(Cl)cc1)[C@@H]1C[C@H](COC)N(C(=O)c2ccc(F)cc2)c2ccccc21. The van der Waals surface area contributed by atoms with Gasteiger partial charge in [-0.15, -0.1) is 0 Å². The Kier molecular flexibility index (Phi) is 7.29. The van der Waals surface area contributed by atoms with Crippen LogP contribution in [-0.4, -0.2) is 31.6 Å². The van der Waals surface area contributed by atoms with Crippen LogP contribution < -0.4 is 9.80 Å². The molecule has 2 atom stereocenters. The zero-order chi connectivity index (χ0) is 24.2. The van der Waals surface area contributed by atoms with Crippen molar-refractivity contribution in [1.29, 1.82) is 0 Å². The lowest BCUT2D eigenvalue weighted by Crippen LogP contribution is -2.50. The van der Waals surface area contributed by atoms with E-state index in [0.29, 0.717) is 29.1 Å². The summed E-state index contributed by atoms with van der Waals surface area (Å²) in [6, 6.07) is 19.7. The van der Waals surface area contributed by atoms with Crippen molar-refractivity contribution in [3.63, 3.8) is 0 Å². The maximum Gasteiger partial charge on any atom is 0.258 e. The van der Waals surface area contributed by atoms with Crippen LogP contribution in [-0.2, 0) is 9.53 Å². The summed E-state index contributed by atoms with van der Waals surface area (Å²) in [5.74, 6) is -0.676. The Morgan fingerprint density at radius 2 is 1.74 bits per heavy atom. The Morgan fingerprint density at radius 1 is 1.06 bits per heavy atom. The van der Waals surface area contributed by atoms with Crippen LogP contribution in [0.2, 0.25) is 5.02 Å². The van der Waals surface area contributed by atoms with Gasteiger partial charge in [-0.25, -0.2) is 4.39 Å². The lowest BCUT2D eigenvalue weighted by molar-refractivity contribution is -0.118. The first-order valence-electron chi connectivity index (χ1n) is 11.2. The van der Waals surface area contributed by atoms with Crippen molar-refractivity contribution in [1.82, 2.24) is 0 Å². The quantitative estimate of drug-likeness (QED) is 0.433. The standard InChI is InChI=1S/C27H26ClFN2O3/c1-3-26(32)30(21-14-10-19(28)11-15-21)25-16-22(17-34-2)31(24-7-5-4-6-23(24)25)27(33)18-8-12-20(29)13-9-18/h4-15,22,25H,3,16-17H2,1-2H3/t22-,25-/m1/s1. The van der Waals surface area contributed by atoms with Crippen molar-refractivity contribution in [2.75, 3.05) is 23.5 Å². The Labute approximate surface area is 203 Å². The van der Waals surface area contributed by atoms with Crippen LogP contribution in [0, 0.1) is 5.82 Å². The van der Waals surface area contributed by atoms with Crippen LogP contribution in [0.3, 0.4) is 0 Å². The lowest BCUT2D eigenvalue weighted by atomic mass is 9.88. The van der Waals surface area contributed by atoms with E-state index in [1.807, 2.05) is 43.3 Å². The van der Waals surface area contributed by atoms with Gasteiger partial charge in [-0.1, -0.05) is 36.7 Å². The topological polar surface area (TPSA) is 49.9 Å². The summed E-state index contributed by atoms with van der Waals surface area (Å²) in [6.07, 6.45) is 0.806.